The van der Waals surface area contributed by atoms with Gasteiger partial charge in [-0.15, -0.1) is 0 Å². The number of unbranched alkanes of at least 4 members (excludes halogenated alkanes) is 15. The minimum absolute atomic E-state index is 0.0325. The van der Waals surface area contributed by atoms with Gasteiger partial charge in [0.2, 0.25) is 0 Å². The first-order valence-corrected chi connectivity index (χ1v) is 19.5. The van der Waals surface area contributed by atoms with E-state index in [2.05, 4.69) is 50.3 Å². The molecule has 2 atom stereocenters. The van der Waals surface area contributed by atoms with Crippen LogP contribution in [0, 0.1) is 0 Å². The minimum Gasteiger partial charge on any atom is -0.544 e. The quantitative estimate of drug-likeness (QED) is 0.0219. The third kappa shape index (κ3) is 31.3. The number of nitrogens with zero attached hydrogens (tertiary/aromatic N) is 1. The molecule has 0 spiro atoms. The van der Waals surface area contributed by atoms with E-state index in [1.165, 1.54) is 51.4 Å². The summed E-state index contributed by atoms with van der Waals surface area (Å²) in [4.78, 5) is 36.6. The molecular formula is C41H73NO7. The van der Waals surface area contributed by atoms with Gasteiger partial charge in [0.1, 0.15) is 12.6 Å². The van der Waals surface area contributed by atoms with E-state index in [4.69, 9.17) is 14.2 Å². The number of hydrogen-bond donors (Lipinski definition) is 0. The molecular weight excluding hydrogens is 618 g/mol. The summed E-state index contributed by atoms with van der Waals surface area (Å²) in [6.07, 6.45) is 34.5. The number of allylic oxidation sites excluding steroid dienone is 6. The smallest absolute Gasteiger partial charge is 0.306 e. The Morgan fingerprint density at radius 2 is 1.10 bits per heavy atom. The Balaban J connectivity index is 4.42. The number of hydrogen-bond acceptors (Lipinski definition) is 7. The first-order valence-electron chi connectivity index (χ1n) is 19.5. The summed E-state index contributed by atoms with van der Waals surface area (Å²) in [6.45, 7) is 4.54. The lowest BCUT2D eigenvalue weighted by Crippen LogP contribution is -2.55. The van der Waals surface area contributed by atoms with E-state index in [0.29, 0.717) is 12.8 Å². The molecule has 8 nitrogen and oxygen atoms in total. The molecule has 284 valence electrons. The zero-order chi connectivity index (χ0) is 36.4. The Morgan fingerprint density at radius 1 is 0.612 bits per heavy atom. The van der Waals surface area contributed by atoms with Crippen molar-refractivity contribution in [2.24, 2.45) is 0 Å². The zero-order valence-electron chi connectivity index (χ0n) is 32.1. The molecule has 0 aromatic heterocycles. The van der Waals surface area contributed by atoms with Gasteiger partial charge in [-0.25, -0.2) is 0 Å². The molecule has 0 aliphatic heterocycles. The lowest BCUT2D eigenvalue weighted by atomic mass is 10.1. The van der Waals surface area contributed by atoms with Gasteiger partial charge in [-0.1, -0.05) is 115 Å². The summed E-state index contributed by atoms with van der Waals surface area (Å²) in [6, 6.07) is -0.727. The van der Waals surface area contributed by atoms with Crippen molar-refractivity contribution < 1.29 is 38.2 Å². The number of rotatable bonds is 34. The van der Waals surface area contributed by atoms with Crippen LogP contribution in [0.5, 0.6) is 0 Å². The first-order chi connectivity index (χ1) is 23.6. The Kier molecular flexibility index (Phi) is 31.1. The number of carbonyl (C=O) groups excluding carboxylic acids is 3. The molecule has 0 aromatic carbocycles. The van der Waals surface area contributed by atoms with E-state index >= 15 is 0 Å². The first kappa shape index (κ1) is 46.5. The van der Waals surface area contributed by atoms with E-state index in [1.54, 1.807) is 21.1 Å². The summed E-state index contributed by atoms with van der Waals surface area (Å²) >= 11 is 0. The van der Waals surface area contributed by atoms with Crippen LogP contribution >= 0.6 is 0 Å². The van der Waals surface area contributed by atoms with Crippen LogP contribution < -0.4 is 5.11 Å². The van der Waals surface area contributed by atoms with Crippen LogP contribution in [0.2, 0.25) is 0 Å². The molecule has 0 bridgehead atoms. The molecule has 0 saturated heterocycles. The molecule has 8 heteroatoms. The number of likely N-dealkylation sites (N-methyl/N-ethyl adjacent to an activating group) is 1. The van der Waals surface area contributed by atoms with Crippen LogP contribution in [0.4, 0.5) is 0 Å². The zero-order valence-corrected chi connectivity index (χ0v) is 32.1. The van der Waals surface area contributed by atoms with Crippen molar-refractivity contribution in [2.75, 3.05) is 41.0 Å². The fraction of sp³-hybridized carbons (Fsp3) is 0.780. The lowest BCUT2D eigenvalue weighted by Gasteiger charge is -2.34. The lowest BCUT2D eigenvalue weighted by molar-refractivity contribution is -0.889. The second-order valence-electron chi connectivity index (χ2n) is 14.2. The Hall–Kier alpha value is -2.45. The fourth-order valence-electron chi connectivity index (χ4n) is 5.39. The topological polar surface area (TPSA) is 102 Å². The van der Waals surface area contributed by atoms with Gasteiger partial charge in [0, 0.05) is 19.3 Å². The maximum atomic E-state index is 12.6. The van der Waals surface area contributed by atoms with Crippen LogP contribution in [-0.2, 0) is 28.6 Å². The van der Waals surface area contributed by atoms with Crippen LogP contribution in [-0.4, -0.2) is 75.5 Å². The van der Waals surface area contributed by atoms with Gasteiger partial charge in [0.15, 0.2) is 6.10 Å². The number of carboxylic acids is 1. The molecule has 0 N–H and O–H groups in total. The Bertz CT molecular complexity index is 906. The monoisotopic (exact) mass is 692 g/mol. The summed E-state index contributed by atoms with van der Waals surface area (Å²) in [5.74, 6) is -1.77. The highest BCUT2D eigenvalue weighted by Gasteiger charge is 2.25. The van der Waals surface area contributed by atoms with Crippen molar-refractivity contribution in [1.29, 1.82) is 0 Å². The second-order valence-corrected chi connectivity index (χ2v) is 14.2. The SMILES string of the molecule is CCCC/C=C/CCCCCCC(=O)OC(COCCC(C(=O)[O-])[N+](C)(C)C)COC(=O)CCCCCCCC/C=C/C=C/CCCCC. The standard InChI is InChI=1S/C41H73NO7/c1-6-8-10-12-14-16-18-19-20-21-22-24-25-27-29-31-39(43)48-36-37(35-47-34-33-38(41(45)46)42(3,4)5)49-40(44)32-30-28-26-23-17-15-13-11-9-7-2/h13-16,18-19,37-38H,6-12,17,20-36H2,1-5H3/b15-13+,16-14+,19-18+. The highest BCUT2D eigenvalue weighted by atomic mass is 16.6. The molecule has 0 saturated carbocycles. The van der Waals surface area contributed by atoms with Gasteiger partial charge in [-0.2, -0.15) is 0 Å². The van der Waals surface area contributed by atoms with Crippen molar-refractivity contribution in [3.8, 4) is 0 Å². The molecule has 49 heavy (non-hydrogen) atoms. The van der Waals surface area contributed by atoms with Crippen molar-refractivity contribution in [1.82, 2.24) is 0 Å². The number of ether oxygens (including phenoxy) is 3. The van der Waals surface area contributed by atoms with E-state index in [0.717, 1.165) is 70.6 Å². The number of esters is 2. The van der Waals surface area contributed by atoms with E-state index in [9.17, 15) is 19.5 Å². The molecule has 0 aromatic rings. The van der Waals surface area contributed by atoms with Gasteiger partial charge < -0.3 is 28.6 Å². The summed E-state index contributed by atoms with van der Waals surface area (Å²) in [5, 5.41) is 11.6. The van der Waals surface area contributed by atoms with E-state index < -0.39 is 18.1 Å². The molecule has 0 aliphatic carbocycles. The van der Waals surface area contributed by atoms with Crippen LogP contribution in [0.15, 0.2) is 36.5 Å². The normalized spacial score (nSPS) is 13.4. The second kappa shape index (κ2) is 32.7. The number of carbonyl (C=O) groups is 3. The van der Waals surface area contributed by atoms with Crippen molar-refractivity contribution >= 4 is 17.9 Å². The molecule has 0 aliphatic rings. The Morgan fingerprint density at radius 3 is 1.65 bits per heavy atom. The third-order valence-electron chi connectivity index (χ3n) is 8.53. The largest absolute Gasteiger partial charge is 0.544 e. The van der Waals surface area contributed by atoms with Crippen LogP contribution in [0.25, 0.3) is 0 Å². The third-order valence-corrected chi connectivity index (χ3v) is 8.53. The molecule has 0 fully saturated rings. The fourth-order valence-corrected chi connectivity index (χ4v) is 5.39. The van der Waals surface area contributed by atoms with Crippen molar-refractivity contribution in [3.63, 3.8) is 0 Å². The minimum atomic E-state index is -1.13. The van der Waals surface area contributed by atoms with Crippen molar-refractivity contribution in [3.05, 3.63) is 36.5 Å². The predicted molar refractivity (Wildman–Crippen MR) is 199 cm³/mol. The predicted octanol–water partition coefficient (Wildman–Crippen LogP) is 8.57. The summed E-state index contributed by atoms with van der Waals surface area (Å²) < 4.78 is 17.1. The number of quaternary nitrogens is 1. The van der Waals surface area contributed by atoms with Gasteiger partial charge in [-0.3, -0.25) is 9.59 Å². The molecule has 2 unspecified atom stereocenters. The number of carboxylic acid groups (broad SMARTS) is 1. The van der Waals surface area contributed by atoms with Gasteiger partial charge in [-0.05, 0) is 57.8 Å². The molecule has 0 rings (SSSR count). The summed E-state index contributed by atoms with van der Waals surface area (Å²) in [5.41, 5.74) is 0. The molecule has 0 amide bonds. The Labute approximate surface area is 300 Å². The van der Waals surface area contributed by atoms with E-state index in [1.807, 2.05) is 0 Å². The maximum Gasteiger partial charge on any atom is 0.306 e. The molecule has 0 heterocycles. The van der Waals surface area contributed by atoms with Crippen molar-refractivity contribution in [2.45, 2.75) is 167 Å². The molecule has 0 radical (unpaired) electrons. The van der Waals surface area contributed by atoms with Crippen LogP contribution in [0.3, 0.4) is 0 Å². The number of aliphatic carboxylic acids is 1. The highest BCUT2D eigenvalue weighted by molar-refractivity contribution is 5.70. The van der Waals surface area contributed by atoms with Crippen LogP contribution in [0.1, 0.15) is 155 Å². The van der Waals surface area contributed by atoms with Gasteiger partial charge >= 0.3 is 11.9 Å². The highest BCUT2D eigenvalue weighted by Crippen LogP contribution is 2.12. The average Bonchev–Trinajstić information content (AvgIpc) is 3.05. The maximum absolute atomic E-state index is 12.6. The van der Waals surface area contributed by atoms with E-state index in [-0.39, 0.29) is 42.7 Å². The van der Waals surface area contributed by atoms with Gasteiger partial charge in [0.05, 0.1) is 40.3 Å². The summed E-state index contributed by atoms with van der Waals surface area (Å²) in [7, 11) is 5.38. The average molecular weight is 692 g/mol. The van der Waals surface area contributed by atoms with Gasteiger partial charge in [0.25, 0.3) is 0 Å².